The zero-order chi connectivity index (χ0) is 21.8. The smallest absolute Gasteiger partial charge is 0.261 e. The molecule has 2 aromatic carbocycles. The molecular weight excluding hydrogens is 478 g/mol. The molecule has 31 heavy (non-hydrogen) atoms. The van der Waals surface area contributed by atoms with E-state index in [0.717, 1.165) is 34.8 Å². The average Bonchev–Trinajstić information content (AvgIpc) is 2.75. The van der Waals surface area contributed by atoms with Crippen LogP contribution in [0.2, 0.25) is 0 Å². The van der Waals surface area contributed by atoms with Crippen LogP contribution < -0.4 is 14.9 Å². The molecule has 1 aliphatic heterocycles. The molecular formula is C22H24BrN5O2S. The van der Waals surface area contributed by atoms with E-state index in [2.05, 4.69) is 40.8 Å². The highest BCUT2D eigenvalue weighted by Gasteiger charge is 2.15. The molecule has 1 saturated heterocycles. The summed E-state index contributed by atoms with van der Waals surface area (Å²) < 4.78 is 28.5. The predicted molar refractivity (Wildman–Crippen MR) is 128 cm³/mol. The first-order valence-corrected chi connectivity index (χ1v) is 12.4. The van der Waals surface area contributed by atoms with Crippen molar-refractivity contribution in [3.63, 3.8) is 0 Å². The van der Waals surface area contributed by atoms with Crippen LogP contribution in [0.4, 0.5) is 23.1 Å². The lowest BCUT2D eigenvalue weighted by atomic mass is 10.1. The summed E-state index contributed by atoms with van der Waals surface area (Å²) in [5, 5.41) is 3.22. The third kappa shape index (κ3) is 5.54. The average molecular weight is 502 g/mol. The van der Waals surface area contributed by atoms with Crippen molar-refractivity contribution in [1.82, 2.24) is 9.97 Å². The van der Waals surface area contributed by atoms with Crippen molar-refractivity contribution in [3.8, 4) is 0 Å². The second kappa shape index (κ2) is 9.23. The van der Waals surface area contributed by atoms with Crippen molar-refractivity contribution in [2.45, 2.75) is 31.1 Å². The van der Waals surface area contributed by atoms with E-state index >= 15 is 0 Å². The fraction of sp³-hybridized carbons (Fsp3) is 0.273. The van der Waals surface area contributed by atoms with Gasteiger partial charge in [-0.2, -0.15) is 4.98 Å². The number of piperidine rings is 1. The van der Waals surface area contributed by atoms with Crippen LogP contribution in [-0.2, 0) is 10.0 Å². The van der Waals surface area contributed by atoms with Crippen LogP contribution in [0.15, 0.2) is 64.0 Å². The minimum atomic E-state index is -3.65. The van der Waals surface area contributed by atoms with Gasteiger partial charge < -0.3 is 10.2 Å². The lowest BCUT2D eigenvalue weighted by Crippen LogP contribution is -2.30. The molecule has 9 heteroatoms. The van der Waals surface area contributed by atoms with Crippen LogP contribution in [0.1, 0.15) is 25.0 Å². The number of anilines is 4. The summed E-state index contributed by atoms with van der Waals surface area (Å²) in [5.74, 6) is 1.47. The van der Waals surface area contributed by atoms with E-state index in [-0.39, 0.29) is 4.90 Å². The number of aryl methyl sites for hydroxylation is 1. The number of nitrogens with zero attached hydrogens (tertiary/aromatic N) is 3. The minimum absolute atomic E-state index is 0.205. The van der Waals surface area contributed by atoms with Crippen LogP contribution in [0, 0.1) is 6.92 Å². The Kier molecular flexibility index (Phi) is 6.43. The molecule has 0 spiro atoms. The second-order valence-corrected chi connectivity index (χ2v) is 10.1. The maximum atomic E-state index is 12.5. The third-order valence-electron chi connectivity index (χ3n) is 5.04. The lowest BCUT2D eigenvalue weighted by molar-refractivity contribution is 0.573. The fourth-order valence-electron chi connectivity index (χ4n) is 3.47. The number of rotatable bonds is 6. The molecule has 162 valence electrons. The molecule has 4 rings (SSSR count). The quantitative estimate of drug-likeness (QED) is 0.489. The van der Waals surface area contributed by atoms with Gasteiger partial charge in [0.2, 0.25) is 5.95 Å². The summed E-state index contributed by atoms with van der Waals surface area (Å²) in [6.45, 7) is 3.99. The van der Waals surface area contributed by atoms with E-state index in [1.54, 1.807) is 48.5 Å². The Bertz CT molecular complexity index is 1150. The molecule has 0 atom stereocenters. The molecule has 0 saturated carbocycles. The van der Waals surface area contributed by atoms with Crippen molar-refractivity contribution in [2.24, 2.45) is 0 Å². The Morgan fingerprint density at radius 3 is 2.23 bits per heavy atom. The van der Waals surface area contributed by atoms with Gasteiger partial charge in [0, 0.05) is 40.7 Å². The van der Waals surface area contributed by atoms with E-state index in [1.807, 2.05) is 13.0 Å². The highest BCUT2D eigenvalue weighted by Crippen LogP contribution is 2.23. The van der Waals surface area contributed by atoms with Gasteiger partial charge in [0.15, 0.2) is 0 Å². The van der Waals surface area contributed by atoms with Crippen LogP contribution >= 0.6 is 15.9 Å². The van der Waals surface area contributed by atoms with Gasteiger partial charge in [0.05, 0.1) is 4.90 Å². The van der Waals surface area contributed by atoms with E-state index in [1.165, 1.54) is 19.3 Å². The molecule has 3 aromatic rings. The van der Waals surface area contributed by atoms with Crippen LogP contribution in [0.3, 0.4) is 0 Å². The van der Waals surface area contributed by atoms with Gasteiger partial charge in [-0.25, -0.2) is 13.4 Å². The summed E-state index contributed by atoms with van der Waals surface area (Å²) in [5.41, 5.74) is 2.16. The van der Waals surface area contributed by atoms with Crippen LogP contribution in [0.25, 0.3) is 0 Å². The summed E-state index contributed by atoms with van der Waals surface area (Å²) in [6, 6.07) is 15.5. The number of benzene rings is 2. The Morgan fingerprint density at radius 1 is 0.903 bits per heavy atom. The molecule has 2 N–H and O–H groups in total. The van der Waals surface area contributed by atoms with Gasteiger partial charge in [-0.3, -0.25) is 4.72 Å². The molecule has 0 amide bonds. The Labute approximate surface area is 191 Å². The maximum Gasteiger partial charge on any atom is 0.261 e. The zero-order valence-electron chi connectivity index (χ0n) is 17.2. The normalized spacial score (nSPS) is 14.3. The fourth-order valence-corrected chi connectivity index (χ4v) is 4.79. The number of halogens is 1. The van der Waals surface area contributed by atoms with Gasteiger partial charge >= 0.3 is 0 Å². The Hall–Kier alpha value is -2.65. The summed E-state index contributed by atoms with van der Waals surface area (Å²) >= 11 is 3.31. The Morgan fingerprint density at radius 2 is 1.55 bits per heavy atom. The molecule has 0 radical (unpaired) electrons. The largest absolute Gasteiger partial charge is 0.356 e. The number of hydrogen-bond donors (Lipinski definition) is 2. The highest BCUT2D eigenvalue weighted by molar-refractivity contribution is 9.10. The molecule has 0 bridgehead atoms. The molecule has 2 heterocycles. The van der Waals surface area contributed by atoms with Gasteiger partial charge in [0.1, 0.15) is 5.82 Å². The molecule has 1 fully saturated rings. The predicted octanol–water partition coefficient (Wildman–Crippen LogP) is 5.08. The van der Waals surface area contributed by atoms with Gasteiger partial charge in [-0.05, 0) is 74.7 Å². The van der Waals surface area contributed by atoms with E-state index < -0.39 is 10.0 Å². The van der Waals surface area contributed by atoms with Crippen LogP contribution in [0.5, 0.6) is 0 Å². The molecule has 0 unspecified atom stereocenters. The van der Waals surface area contributed by atoms with Crippen molar-refractivity contribution in [2.75, 3.05) is 28.0 Å². The number of sulfonamides is 1. The van der Waals surface area contributed by atoms with Gasteiger partial charge in [-0.1, -0.05) is 15.9 Å². The number of hydrogen-bond acceptors (Lipinski definition) is 6. The van der Waals surface area contributed by atoms with Crippen LogP contribution in [-0.4, -0.2) is 31.5 Å². The number of nitrogens with one attached hydrogen (secondary N) is 2. The maximum absolute atomic E-state index is 12.5. The second-order valence-electron chi connectivity index (χ2n) is 7.50. The first-order chi connectivity index (χ1) is 14.9. The first kappa shape index (κ1) is 21.6. The monoisotopic (exact) mass is 501 g/mol. The van der Waals surface area contributed by atoms with E-state index in [9.17, 15) is 8.42 Å². The molecule has 7 nitrogen and oxygen atoms in total. The van der Waals surface area contributed by atoms with Crippen molar-refractivity contribution >= 4 is 49.1 Å². The summed E-state index contributed by atoms with van der Waals surface area (Å²) in [7, 11) is -3.65. The molecule has 1 aliphatic rings. The SMILES string of the molecule is Cc1cc(N2CCCCC2)nc(Nc2ccc(NS(=O)(=O)c3ccc(Br)cc3)cc2)n1. The standard InChI is InChI=1S/C22H24BrN5O2S/c1-16-15-21(28-13-3-2-4-14-28)26-22(24-16)25-18-7-9-19(10-8-18)27-31(29,30)20-11-5-17(23)6-12-20/h5-12,15,27H,2-4,13-14H2,1H3,(H,24,25,26). The number of aromatic nitrogens is 2. The van der Waals surface area contributed by atoms with E-state index in [4.69, 9.17) is 0 Å². The topological polar surface area (TPSA) is 87.2 Å². The highest BCUT2D eigenvalue weighted by atomic mass is 79.9. The summed E-state index contributed by atoms with van der Waals surface area (Å²) in [4.78, 5) is 11.7. The minimum Gasteiger partial charge on any atom is -0.356 e. The zero-order valence-corrected chi connectivity index (χ0v) is 19.6. The molecule has 1 aromatic heterocycles. The van der Waals surface area contributed by atoms with E-state index in [0.29, 0.717) is 11.6 Å². The summed E-state index contributed by atoms with van der Waals surface area (Å²) in [6.07, 6.45) is 3.64. The Balaban J connectivity index is 1.46. The van der Waals surface area contributed by atoms with Crippen molar-refractivity contribution in [1.29, 1.82) is 0 Å². The lowest BCUT2D eigenvalue weighted by Gasteiger charge is -2.28. The van der Waals surface area contributed by atoms with Crippen molar-refractivity contribution < 1.29 is 8.42 Å². The molecule has 0 aliphatic carbocycles. The first-order valence-electron chi connectivity index (χ1n) is 10.2. The van der Waals surface area contributed by atoms with Gasteiger partial charge in [0.25, 0.3) is 10.0 Å². The van der Waals surface area contributed by atoms with Crippen molar-refractivity contribution in [3.05, 3.63) is 64.8 Å². The third-order valence-corrected chi connectivity index (χ3v) is 6.96. The van der Waals surface area contributed by atoms with Gasteiger partial charge in [-0.15, -0.1) is 0 Å².